The number of anilines is 1. The second kappa shape index (κ2) is 9.97. The molecule has 0 aliphatic heterocycles. The molecule has 0 unspecified atom stereocenters. The van der Waals surface area contributed by atoms with Crippen LogP contribution in [0.25, 0.3) is 11.4 Å². The van der Waals surface area contributed by atoms with Gasteiger partial charge in [0.2, 0.25) is 5.82 Å². The molecule has 3 aromatic rings. The molecule has 0 amide bonds. The van der Waals surface area contributed by atoms with Crippen molar-refractivity contribution < 1.29 is 36.9 Å². The van der Waals surface area contributed by atoms with Crippen molar-refractivity contribution >= 4 is 17.3 Å². The van der Waals surface area contributed by atoms with Crippen molar-refractivity contribution in [1.82, 2.24) is 10.1 Å². The molecule has 0 saturated heterocycles. The zero-order valence-corrected chi connectivity index (χ0v) is 17.1. The molecule has 33 heavy (non-hydrogen) atoms. The van der Waals surface area contributed by atoms with E-state index >= 15 is 0 Å². The average Bonchev–Trinajstić information content (AvgIpc) is 3.25. The molecule has 1 N–H and O–H groups in total. The number of nitrogens with one attached hydrogen (secondary N) is 1. The van der Waals surface area contributed by atoms with E-state index in [1.807, 2.05) is 6.92 Å². The Bertz CT molecular complexity index is 1150. The maximum absolute atomic E-state index is 12.8. The number of nitro benzene ring substituents is 1. The monoisotopic (exact) mass is 466 g/mol. The highest BCUT2D eigenvalue weighted by atomic mass is 19.4. The summed E-state index contributed by atoms with van der Waals surface area (Å²) in [5, 5.41) is 17.3. The molecule has 1 heterocycles. The molecule has 10 nitrogen and oxygen atoms in total. The minimum atomic E-state index is -4.74. The van der Waals surface area contributed by atoms with E-state index in [4.69, 9.17) is 14.0 Å². The molecule has 3 rings (SSSR count). The molecule has 13 heteroatoms. The van der Waals surface area contributed by atoms with E-state index in [9.17, 15) is 28.1 Å². The van der Waals surface area contributed by atoms with Gasteiger partial charge in [0.05, 0.1) is 22.7 Å². The van der Waals surface area contributed by atoms with Crippen molar-refractivity contribution in [3.8, 4) is 17.1 Å². The van der Waals surface area contributed by atoms with Gasteiger partial charge < -0.3 is 19.3 Å². The molecule has 0 atom stereocenters. The number of aromatic nitrogens is 2. The molecule has 174 valence electrons. The molecule has 0 radical (unpaired) electrons. The van der Waals surface area contributed by atoms with Crippen LogP contribution in [0.4, 0.5) is 24.5 Å². The smallest absolute Gasteiger partial charge is 0.416 e. The molecule has 2 aromatic carbocycles. The van der Waals surface area contributed by atoms with Crippen molar-refractivity contribution in [3.63, 3.8) is 0 Å². The number of carbonyl (C=O) groups is 1. The zero-order valence-electron chi connectivity index (χ0n) is 17.1. The van der Waals surface area contributed by atoms with Crippen molar-refractivity contribution in [1.29, 1.82) is 0 Å². The first-order valence-electron chi connectivity index (χ1n) is 9.49. The van der Waals surface area contributed by atoms with Crippen molar-refractivity contribution in [3.05, 3.63) is 64.0 Å². The van der Waals surface area contributed by atoms with E-state index in [0.717, 1.165) is 6.07 Å². The lowest BCUT2D eigenvalue weighted by Crippen LogP contribution is -2.18. The fourth-order valence-corrected chi connectivity index (χ4v) is 2.72. The third-order valence-corrected chi connectivity index (χ3v) is 4.20. The van der Waals surface area contributed by atoms with Crippen LogP contribution in [0.2, 0.25) is 0 Å². The Balaban J connectivity index is 1.60. The third-order valence-electron chi connectivity index (χ3n) is 4.20. The number of esters is 1. The number of ether oxygens (including phenoxy) is 2. The molecule has 0 aliphatic carbocycles. The number of carbonyl (C=O) groups excluding carboxylic acids is 1. The minimum Gasteiger partial charge on any atom is -0.493 e. The molecule has 0 spiro atoms. The highest BCUT2D eigenvalue weighted by Gasteiger charge is 2.33. The van der Waals surface area contributed by atoms with Crippen LogP contribution in [0.1, 0.15) is 18.4 Å². The number of nitro groups is 1. The van der Waals surface area contributed by atoms with Gasteiger partial charge in [0.1, 0.15) is 18.0 Å². The Labute approximate surface area is 184 Å². The topological polar surface area (TPSA) is 130 Å². The molecule has 0 saturated carbocycles. The molecular weight excluding hydrogens is 449 g/mol. The van der Waals surface area contributed by atoms with Crippen LogP contribution in [-0.2, 0) is 22.3 Å². The van der Waals surface area contributed by atoms with Gasteiger partial charge in [-0.2, -0.15) is 18.2 Å². The SMILES string of the molecule is CCOc1ccccc1-c1noc(COC(=O)CNc2ccc(C(F)(F)F)cc2[N+](=O)[O-])n1. The van der Waals surface area contributed by atoms with Crippen molar-refractivity contribution in [2.24, 2.45) is 0 Å². The summed E-state index contributed by atoms with van der Waals surface area (Å²) in [6.45, 7) is 1.34. The highest BCUT2D eigenvalue weighted by molar-refractivity contribution is 5.76. The largest absolute Gasteiger partial charge is 0.493 e. The van der Waals surface area contributed by atoms with Crippen molar-refractivity contribution in [2.75, 3.05) is 18.5 Å². The van der Waals surface area contributed by atoms with Crippen LogP contribution in [-0.4, -0.2) is 34.2 Å². The first-order chi connectivity index (χ1) is 15.7. The summed E-state index contributed by atoms with van der Waals surface area (Å²) in [6.07, 6.45) is -4.74. The van der Waals surface area contributed by atoms with Gasteiger partial charge >= 0.3 is 12.1 Å². The van der Waals surface area contributed by atoms with Gasteiger partial charge in [-0.3, -0.25) is 14.9 Å². The predicted octanol–water partition coefficient (Wildman–Crippen LogP) is 4.22. The summed E-state index contributed by atoms with van der Waals surface area (Å²) in [6, 6.07) is 8.93. The Morgan fingerprint density at radius 3 is 2.70 bits per heavy atom. The van der Waals surface area contributed by atoms with Gasteiger partial charge in [-0.15, -0.1) is 0 Å². The fourth-order valence-electron chi connectivity index (χ4n) is 2.72. The lowest BCUT2D eigenvalue weighted by molar-refractivity contribution is -0.384. The first kappa shape index (κ1) is 23.5. The second-order valence-corrected chi connectivity index (χ2v) is 6.44. The Morgan fingerprint density at radius 1 is 1.24 bits per heavy atom. The maximum atomic E-state index is 12.8. The molecule has 0 fully saturated rings. The van der Waals surface area contributed by atoms with E-state index in [2.05, 4.69) is 15.5 Å². The number of benzene rings is 2. The predicted molar refractivity (Wildman–Crippen MR) is 107 cm³/mol. The van der Waals surface area contributed by atoms with Gasteiger partial charge in [0.15, 0.2) is 6.61 Å². The first-order valence-corrected chi connectivity index (χ1v) is 9.49. The summed E-state index contributed by atoms with van der Waals surface area (Å²) in [7, 11) is 0. The lowest BCUT2D eigenvalue weighted by Gasteiger charge is -2.10. The number of para-hydroxylation sites is 1. The van der Waals surface area contributed by atoms with E-state index in [0.29, 0.717) is 30.1 Å². The quantitative estimate of drug-likeness (QED) is 0.280. The van der Waals surface area contributed by atoms with Gasteiger partial charge in [-0.1, -0.05) is 17.3 Å². The molecule has 0 aliphatic rings. The van der Waals surface area contributed by atoms with Gasteiger partial charge in [0.25, 0.3) is 11.6 Å². The summed E-state index contributed by atoms with van der Waals surface area (Å²) >= 11 is 0. The zero-order chi connectivity index (χ0) is 24.0. The van der Waals surface area contributed by atoms with E-state index in [1.165, 1.54) is 0 Å². The number of hydrogen-bond donors (Lipinski definition) is 1. The third kappa shape index (κ3) is 5.96. The summed E-state index contributed by atoms with van der Waals surface area (Å²) in [5.74, 6) is -0.0842. The number of alkyl halides is 3. The summed E-state index contributed by atoms with van der Waals surface area (Å²) in [5.41, 5.74) is -1.69. The van der Waals surface area contributed by atoms with Crippen LogP contribution in [0.3, 0.4) is 0 Å². The van der Waals surface area contributed by atoms with Crippen LogP contribution in [0.5, 0.6) is 5.75 Å². The van der Waals surface area contributed by atoms with Crippen molar-refractivity contribution in [2.45, 2.75) is 19.7 Å². The number of halogens is 3. The van der Waals surface area contributed by atoms with E-state index in [1.54, 1.807) is 24.3 Å². The highest BCUT2D eigenvalue weighted by Crippen LogP contribution is 2.35. The second-order valence-electron chi connectivity index (χ2n) is 6.44. The van der Waals surface area contributed by atoms with Gasteiger partial charge in [-0.05, 0) is 31.2 Å². The average molecular weight is 466 g/mol. The van der Waals surface area contributed by atoms with Gasteiger partial charge in [-0.25, -0.2) is 0 Å². The Morgan fingerprint density at radius 2 is 2.00 bits per heavy atom. The van der Waals surface area contributed by atoms with E-state index in [-0.39, 0.29) is 24.0 Å². The standard InChI is InChI=1S/C20H17F3N4O6/c1-2-31-16-6-4-3-5-13(16)19-25-17(33-26-19)11-32-18(28)10-24-14-8-7-12(20(21,22)23)9-15(14)27(29)30/h3-9,24H,2,10-11H2,1H3. The normalized spacial score (nSPS) is 11.2. The lowest BCUT2D eigenvalue weighted by atomic mass is 10.1. The Hall–Kier alpha value is -4.16. The Kier molecular flexibility index (Phi) is 7.10. The maximum Gasteiger partial charge on any atom is 0.416 e. The summed E-state index contributed by atoms with van der Waals surface area (Å²) < 4.78 is 53.8. The van der Waals surface area contributed by atoms with Gasteiger partial charge in [0, 0.05) is 6.07 Å². The number of rotatable bonds is 9. The molecule has 1 aromatic heterocycles. The molecule has 0 bridgehead atoms. The number of nitrogens with zero attached hydrogens (tertiary/aromatic N) is 3. The fraction of sp³-hybridized carbons (Fsp3) is 0.250. The number of hydrogen-bond acceptors (Lipinski definition) is 9. The van der Waals surface area contributed by atoms with Crippen LogP contribution in [0.15, 0.2) is 47.0 Å². The van der Waals surface area contributed by atoms with Crippen LogP contribution < -0.4 is 10.1 Å². The van der Waals surface area contributed by atoms with E-state index < -0.39 is 34.9 Å². The molecular formula is C20H17F3N4O6. The van der Waals surface area contributed by atoms with Crippen LogP contribution >= 0.6 is 0 Å². The van der Waals surface area contributed by atoms with Crippen LogP contribution in [0, 0.1) is 10.1 Å². The minimum absolute atomic E-state index is 0.00911. The summed E-state index contributed by atoms with van der Waals surface area (Å²) in [4.78, 5) is 26.2.